The van der Waals surface area contributed by atoms with Gasteiger partial charge in [0.05, 0.1) is 0 Å². The van der Waals surface area contributed by atoms with E-state index in [4.69, 9.17) is 4.74 Å². The molecule has 4 atom stereocenters. The van der Waals surface area contributed by atoms with Crippen molar-refractivity contribution in [1.29, 1.82) is 0 Å². The van der Waals surface area contributed by atoms with E-state index >= 15 is 0 Å². The van der Waals surface area contributed by atoms with Crippen molar-refractivity contribution in [2.24, 2.45) is 29.6 Å². The summed E-state index contributed by atoms with van der Waals surface area (Å²) < 4.78 is 20.2. The monoisotopic (exact) mass is 440 g/mol. The Balaban J connectivity index is 1.24. The number of rotatable bonds is 9. The molecule has 1 aromatic rings. The van der Waals surface area contributed by atoms with Crippen molar-refractivity contribution in [2.45, 2.75) is 103 Å². The maximum Gasteiger partial charge on any atom is 0.130 e. The molecule has 2 heteroatoms. The third-order valence-electron chi connectivity index (χ3n) is 9.20. The highest BCUT2D eigenvalue weighted by molar-refractivity contribution is 5.31. The highest BCUT2D eigenvalue weighted by Gasteiger charge is 2.38. The number of halogens is 1. The summed E-state index contributed by atoms with van der Waals surface area (Å²) in [4.78, 5) is 0. The number of benzene rings is 1. The number of hydrogen-bond donors (Lipinski definition) is 0. The maximum absolute atomic E-state index is 14.7. The molecule has 32 heavy (non-hydrogen) atoms. The zero-order valence-electron chi connectivity index (χ0n) is 20.4. The molecular formula is C30H45FO. The van der Waals surface area contributed by atoms with E-state index in [1.807, 2.05) is 12.1 Å². The average molecular weight is 441 g/mol. The molecule has 3 aliphatic rings. The highest BCUT2D eigenvalue weighted by Crippen LogP contribution is 2.50. The van der Waals surface area contributed by atoms with E-state index in [0.29, 0.717) is 18.3 Å². The minimum absolute atomic E-state index is 0.0915. The third-order valence-corrected chi connectivity index (χ3v) is 9.20. The predicted molar refractivity (Wildman–Crippen MR) is 133 cm³/mol. The number of unbranched alkanes of at least 4 members (excludes halogenated alkanes) is 2. The minimum atomic E-state index is -0.0915. The van der Waals surface area contributed by atoms with E-state index in [0.717, 1.165) is 48.0 Å². The van der Waals surface area contributed by atoms with Crippen molar-refractivity contribution in [3.8, 4) is 5.75 Å². The maximum atomic E-state index is 14.7. The van der Waals surface area contributed by atoms with Crippen LogP contribution < -0.4 is 4.74 Å². The van der Waals surface area contributed by atoms with Crippen molar-refractivity contribution in [1.82, 2.24) is 0 Å². The van der Waals surface area contributed by atoms with E-state index < -0.39 is 0 Å². The Bertz CT molecular complexity index is 720. The third kappa shape index (κ3) is 5.97. The first-order valence-electron chi connectivity index (χ1n) is 13.7. The molecule has 178 valence electrons. The van der Waals surface area contributed by atoms with Gasteiger partial charge in [-0.25, -0.2) is 4.39 Å². The molecule has 0 amide bonds. The normalized spacial score (nSPS) is 32.8. The quantitative estimate of drug-likeness (QED) is 0.275. The summed E-state index contributed by atoms with van der Waals surface area (Å²) in [6.07, 6.45) is 21.3. The smallest absolute Gasteiger partial charge is 0.130 e. The number of hydrogen-bond acceptors (Lipinski definition) is 1. The van der Waals surface area contributed by atoms with Gasteiger partial charge < -0.3 is 4.74 Å². The fourth-order valence-corrected chi connectivity index (χ4v) is 7.38. The molecule has 4 unspecified atom stereocenters. The first-order valence-corrected chi connectivity index (χ1v) is 13.7. The second kappa shape index (κ2) is 11.7. The molecule has 4 rings (SSSR count). The van der Waals surface area contributed by atoms with Crippen molar-refractivity contribution in [2.75, 3.05) is 6.61 Å². The zero-order valence-corrected chi connectivity index (χ0v) is 20.4. The van der Waals surface area contributed by atoms with Crippen LogP contribution in [0.4, 0.5) is 4.39 Å². The Morgan fingerprint density at radius 2 is 1.59 bits per heavy atom. The van der Waals surface area contributed by atoms with Gasteiger partial charge in [-0.1, -0.05) is 57.7 Å². The van der Waals surface area contributed by atoms with Crippen LogP contribution in [0.15, 0.2) is 30.9 Å². The molecule has 0 radical (unpaired) electrons. The lowest BCUT2D eigenvalue weighted by atomic mass is 9.60. The molecule has 0 aliphatic heterocycles. The van der Waals surface area contributed by atoms with Gasteiger partial charge in [0.1, 0.15) is 18.2 Å². The molecule has 0 heterocycles. The fraction of sp³-hybridized carbons (Fsp3) is 0.733. The largest absolute Gasteiger partial charge is 0.489 e. The SMILES string of the molecule is C=CCOc1ccc(C2CCC(C3CCC4CC(CCCCC)CCC4C3)CC2)c(F)c1. The molecule has 3 aliphatic carbocycles. The summed E-state index contributed by atoms with van der Waals surface area (Å²) >= 11 is 0. The van der Waals surface area contributed by atoms with Crippen molar-refractivity contribution in [3.05, 3.63) is 42.2 Å². The van der Waals surface area contributed by atoms with E-state index in [9.17, 15) is 4.39 Å². The molecule has 0 aromatic heterocycles. The first-order chi connectivity index (χ1) is 15.7. The van der Waals surface area contributed by atoms with Crippen molar-refractivity contribution in [3.63, 3.8) is 0 Å². The number of ether oxygens (including phenoxy) is 1. The minimum Gasteiger partial charge on any atom is -0.489 e. The van der Waals surface area contributed by atoms with Crippen molar-refractivity contribution < 1.29 is 9.13 Å². The Hall–Kier alpha value is -1.31. The van der Waals surface area contributed by atoms with Gasteiger partial charge in [-0.15, -0.1) is 0 Å². The number of fused-ring (bicyclic) bond motifs is 1. The first kappa shape index (κ1) is 23.8. The van der Waals surface area contributed by atoms with Crippen LogP contribution >= 0.6 is 0 Å². The zero-order chi connectivity index (χ0) is 22.3. The average Bonchev–Trinajstić information content (AvgIpc) is 2.83. The lowest BCUT2D eigenvalue weighted by Crippen LogP contribution is -2.34. The van der Waals surface area contributed by atoms with Crippen LogP contribution in [-0.2, 0) is 0 Å². The second-order valence-corrected chi connectivity index (χ2v) is 11.2. The van der Waals surface area contributed by atoms with Crippen molar-refractivity contribution >= 4 is 0 Å². The highest BCUT2D eigenvalue weighted by atomic mass is 19.1. The van der Waals surface area contributed by atoms with Gasteiger partial charge >= 0.3 is 0 Å². The van der Waals surface area contributed by atoms with Crippen LogP contribution in [0.1, 0.15) is 108 Å². The summed E-state index contributed by atoms with van der Waals surface area (Å²) in [7, 11) is 0. The molecule has 1 aromatic carbocycles. The molecule has 3 fully saturated rings. The molecule has 3 saturated carbocycles. The Morgan fingerprint density at radius 3 is 2.31 bits per heavy atom. The van der Waals surface area contributed by atoms with Gasteiger partial charge in [0.25, 0.3) is 0 Å². The standard InChI is InChI=1S/C30H45FO/c1-3-5-6-7-22-8-9-27-20-26(15-14-25(27)19-22)23-10-12-24(13-11-23)29-17-16-28(21-30(29)31)32-18-4-2/h4,16-17,21-27H,2-3,5-15,18-20H2,1H3. The Labute approximate surface area is 196 Å². The van der Waals surface area contributed by atoms with Gasteiger partial charge in [-0.05, 0) is 105 Å². The van der Waals surface area contributed by atoms with Crippen LogP contribution in [0.25, 0.3) is 0 Å². The summed E-state index contributed by atoms with van der Waals surface area (Å²) in [5, 5.41) is 0. The Kier molecular flexibility index (Phi) is 8.72. The lowest BCUT2D eigenvalue weighted by Gasteiger charge is -2.45. The van der Waals surface area contributed by atoms with Gasteiger partial charge in [0, 0.05) is 6.07 Å². The summed E-state index contributed by atoms with van der Waals surface area (Å²) in [5.41, 5.74) is 0.902. The van der Waals surface area contributed by atoms with Gasteiger partial charge in [0.2, 0.25) is 0 Å². The predicted octanol–water partition coefficient (Wildman–Crippen LogP) is 9.08. The van der Waals surface area contributed by atoms with E-state index in [-0.39, 0.29) is 5.82 Å². The van der Waals surface area contributed by atoms with Gasteiger partial charge in [-0.2, -0.15) is 0 Å². The topological polar surface area (TPSA) is 9.23 Å². The van der Waals surface area contributed by atoms with E-state index in [1.54, 1.807) is 12.1 Å². The van der Waals surface area contributed by atoms with Gasteiger partial charge in [-0.3, -0.25) is 0 Å². The summed E-state index contributed by atoms with van der Waals surface area (Å²) in [5.74, 6) is 5.78. The Morgan fingerprint density at radius 1 is 0.906 bits per heavy atom. The van der Waals surface area contributed by atoms with Crippen LogP contribution in [0.5, 0.6) is 5.75 Å². The van der Waals surface area contributed by atoms with E-state index in [2.05, 4.69) is 13.5 Å². The fourth-order valence-electron chi connectivity index (χ4n) is 7.38. The van der Waals surface area contributed by atoms with Crippen LogP contribution in [0.3, 0.4) is 0 Å². The summed E-state index contributed by atoms with van der Waals surface area (Å²) in [6.45, 7) is 6.40. The van der Waals surface area contributed by atoms with Crippen LogP contribution in [0, 0.1) is 35.4 Å². The molecule has 1 nitrogen and oxygen atoms in total. The second-order valence-electron chi connectivity index (χ2n) is 11.2. The van der Waals surface area contributed by atoms with E-state index in [1.165, 1.54) is 77.0 Å². The molecule has 0 bridgehead atoms. The lowest BCUT2D eigenvalue weighted by molar-refractivity contribution is 0.0613. The van der Waals surface area contributed by atoms with Gasteiger partial charge in [0.15, 0.2) is 0 Å². The molecular weight excluding hydrogens is 395 g/mol. The van der Waals surface area contributed by atoms with Crippen LogP contribution in [0.2, 0.25) is 0 Å². The molecule has 0 saturated heterocycles. The molecule has 0 spiro atoms. The van der Waals surface area contributed by atoms with Crippen LogP contribution in [-0.4, -0.2) is 6.61 Å². The molecule has 0 N–H and O–H groups in total. The summed E-state index contributed by atoms with van der Waals surface area (Å²) in [6, 6.07) is 5.45.